The van der Waals surface area contributed by atoms with E-state index in [9.17, 15) is 9.18 Å². The monoisotopic (exact) mass is 395 g/mol. The summed E-state index contributed by atoms with van der Waals surface area (Å²) in [6.07, 6.45) is 3.99. The number of piperidine rings is 1. The zero-order valence-corrected chi connectivity index (χ0v) is 15.7. The largest absolute Gasteiger partial charge is 0.396 e. The fourth-order valence-corrected chi connectivity index (χ4v) is 3.45. The van der Waals surface area contributed by atoms with Crippen molar-refractivity contribution in [2.75, 3.05) is 26.2 Å². The lowest BCUT2D eigenvalue weighted by Crippen LogP contribution is -2.36. The number of halogens is 2. The van der Waals surface area contributed by atoms with E-state index in [0.29, 0.717) is 36.6 Å². The Labute approximate surface area is 162 Å². The van der Waals surface area contributed by atoms with Crippen molar-refractivity contribution in [1.82, 2.24) is 25.2 Å². The van der Waals surface area contributed by atoms with E-state index in [1.165, 1.54) is 6.07 Å². The summed E-state index contributed by atoms with van der Waals surface area (Å²) in [5, 5.41) is 19.9. The standard InChI is InChI=1S/C18H23ClFN5O2/c19-15-5-1-6-16(20)14(15)11-24-8-2-4-13(10-24)25-12-17(22-23-25)18(27)21-7-3-9-26/h1,5-6,12-13,26H,2-4,7-11H2,(H,21,27). The van der Waals surface area contributed by atoms with Crippen molar-refractivity contribution in [3.8, 4) is 0 Å². The van der Waals surface area contributed by atoms with E-state index < -0.39 is 0 Å². The van der Waals surface area contributed by atoms with Crippen LogP contribution in [0.3, 0.4) is 0 Å². The second-order valence-corrected chi connectivity index (χ2v) is 7.06. The molecule has 1 amide bonds. The van der Waals surface area contributed by atoms with Crippen LogP contribution in [0.25, 0.3) is 0 Å². The highest BCUT2D eigenvalue weighted by Crippen LogP contribution is 2.26. The highest BCUT2D eigenvalue weighted by Gasteiger charge is 2.24. The molecule has 7 nitrogen and oxygen atoms in total. The van der Waals surface area contributed by atoms with E-state index in [1.807, 2.05) is 0 Å². The molecule has 1 unspecified atom stereocenters. The van der Waals surface area contributed by atoms with E-state index >= 15 is 0 Å². The summed E-state index contributed by atoms with van der Waals surface area (Å²) in [5.74, 6) is -0.604. The molecule has 0 saturated carbocycles. The highest BCUT2D eigenvalue weighted by atomic mass is 35.5. The van der Waals surface area contributed by atoms with Gasteiger partial charge in [0.05, 0.1) is 12.2 Å². The smallest absolute Gasteiger partial charge is 0.273 e. The molecule has 2 N–H and O–H groups in total. The first-order valence-corrected chi connectivity index (χ1v) is 9.42. The van der Waals surface area contributed by atoms with Crippen molar-refractivity contribution in [2.45, 2.75) is 31.8 Å². The van der Waals surface area contributed by atoms with Crippen molar-refractivity contribution < 1.29 is 14.3 Å². The number of hydrogen-bond donors (Lipinski definition) is 2. The molecular weight excluding hydrogens is 373 g/mol. The summed E-state index contributed by atoms with van der Waals surface area (Å²) in [6, 6.07) is 4.78. The molecule has 1 aromatic carbocycles. The molecule has 2 aromatic rings. The molecule has 1 aliphatic heterocycles. The van der Waals surface area contributed by atoms with Gasteiger partial charge < -0.3 is 10.4 Å². The van der Waals surface area contributed by atoms with Gasteiger partial charge in [0.1, 0.15) is 5.82 Å². The Balaban J connectivity index is 1.62. The summed E-state index contributed by atoms with van der Waals surface area (Å²) in [5.41, 5.74) is 0.754. The van der Waals surface area contributed by atoms with Crippen LogP contribution < -0.4 is 5.32 Å². The maximum absolute atomic E-state index is 14.0. The SMILES string of the molecule is O=C(NCCCO)c1cn(C2CCCN(Cc3c(F)cccc3Cl)C2)nn1. The van der Waals surface area contributed by atoms with Gasteiger partial charge in [0.15, 0.2) is 5.69 Å². The Bertz CT molecular complexity index is 765. The number of amides is 1. The van der Waals surface area contributed by atoms with Gasteiger partial charge >= 0.3 is 0 Å². The third kappa shape index (κ3) is 5.03. The number of hydrogen-bond acceptors (Lipinski definition) is 5. The molecule has 3 rings (SSSR count). The Morgan fingerprint density at radius 3 is 3.07 bits per heavy atom. The lowest BCUT2D eigenvalue weighted by molar-refractivity contribution is 0.0946. The van der Waals surface area contributed by atoms with Crippen molar-refractivity contribution in [3.63, 3.8) is 0 Å². The molecule has 0 bridgehead atoms. The van der Waals surface area contributed by atoms with Crippen molar-refractivity contribution in [2.24, 2.45) is 0 Å². The van der Waals surface area contributed by atoms with E-state index in [0.717, 1.165) is 19.4 Å². The third-order valence-corrected chi connectivity index (χ3v) is 5.02. The van der Waals surface area contributed by atoms with Crippen molar-refractivity contribution in [3.05, 3.63) is 46.5 Å². The zero-order chi connectivity index (χ0) is 19.2. The van der Waals surface area contributed by atoms with Crippen LogP contribution in [0, 0.1) is 5.82 Å². The highest BCUT2D eigenvalue weighted by molar-refractivity contribution is 6.31. The minimum atomic E-state index is -0.305. The predicted octanol–water partition coefficient (Wildman–Crippen LogP) is 2.02. The van der Waals surface area contributed by atoms with Crippen LogP contribution in [-0.4, -0.2) is 57.1 Å². The fraction of sp³-hybridized carbons (Fsp3) is 0.500. The number of nitrogens with zero attached hydrogens (tertiary/aromatic N) is 4. The molecule has 27 heavy (non-hydrogen) atoms. The third-order valence-electron chi connectivity index (χ3n) is 4.66. The Morgan fingerprint density at radius 2 is 2.30 bits per heavy atom. The average molecular weight is 396 g/mol. The Kier molecular flexibility index (Phi) is 6.76. The molecule has 1 aliphatic rings. The molecule has 1 aromatic heterocycles. The first kappa shape index (κ1) is 19.7. The summed E-state index contributed by atoms with van der Waals surface area (Å²) < 4.78 is 15.8. The number of aliphatic hydroxyl groups is 1. The number of carbonyl (C=O) groups excluding carboxylic acids is 1. The van der Waals surface area contributed by atoms with Crippen LogP contribution in [0.1, 0.15) is 41.4 Å². The van der Waals surface area contributed by atoms with Crippen molar-refractivity contribution in [1.29, 1.82) is 0 Å². The van der Waals surface area contributed by atoms with Crippen LogP contribution in [0.5, 0.6) is 0 Å². The normalized spacial score (nSPS) is 17.8. The van der Waals surface area contributed by atoms with Crippen LogP contribution in [0.2, 0.25) is 5.02 Å². The number of nitrogens with one attached hydrogen (secondary N) is 1. The Morgan fingerprint density at radius 1 is 1.44 bits per heavy atom. The molecule has 0 aliphatic carbocycles. The zero-order valence-electron chi connectivity index (χ0n) is 14.9. The van der Waals surface area contributed by atoms with Crippen LogP contribution in [0.4, 0.5) is 4.39 Å². The predicted molar refractivity (Wildman–Crippen MR) is 99.0 cm³/mol. The van der Waals surface area contributed by atoms with Crippen LogP contribution >= 0.6 is 11.6 Å². The first-order valence-electron chi connectivity index (χ1n) is 9.04. The summed E-state index contributed by atoms with van der Waals surface area (Å²) in [4.78, 5) is 14.2. The summed E-state index contributed by atoms with van der Waals surface area (Å²) in [7, 11) is 0. The van der Waals surface area contributed by atoms with Gasteiger partial charge in [0.25, 0.3) is 5.91 Å². The molecule has 1 saturated heterocycles. The number of carbonyl (C=O) groups is 1. The van der Waals surface area contributed by atoms with Crippen molar-refractivity contribution >= 4 is 17.5 Å². The van der Waals surface area contributed by atoms with Gasteiger partial charge in [-0.1, -0.05) is 22.9 Å². The molecule has 9 heteroatoms. The topological polar surface area (TPSA) is 83.3 Å². The molecule has 0 spiro atoms. The lowest BCUT2D eigenvalue weighted by atomic mass is 10.0. The first-order chi connectivity index (χ1) is 13.1. The van der Waals surface area contributed by atoms with Gasteiger partial charge in [0.2, 0.25) is 0 Å². The minimum absolute atomic E-state index is 0.0247. The second kappa shape index (κ2) is 9.25. The van der Waals surface area contributed by atoms with Gasteiger partial charge in [0, 0.05) is 36.8 Å². The van der Waals surface area contributed by atoms with E-state index in [4.69, 9.17) is 16.7 Å². The summed E-state index contributed by atoms with van der Waals surface area (Å²) in [6.45, 7) is 2.38. The van der Waals surface area contributed by atoms with Crippen LogP contribution in [-0.2, 0) is 6.54 Å². The van der Waals surface area contributed by atoms with Gasteiger partial charge in [-0.3, -0.25) is 9.69 Å². The van der Waals surface area contributed by atoms with Gasteiger partial charge in [-0.05, 0) is 37.9 Å². The number of likely N-dealkylation sites (tertiary alicyclic amines) is 1. The fourth-order valence-electron chi connectivity index (χ4n) is 3.23. The summed E-state index contributed by atoms with van der Waals surface area (Å²) >= 11 is 6.14. The molecular formula is C18H23ClFN5O2. The van der Waals surface area contributed by atoms with E-state index in [-0.39, 0.29) is 30.1 Å². The van der Waals surface area contributed by atoms with E-state index in [2.05, 4.69) is 20.5 Å². The number of rotatable bonds is 7. The van der Waals surface area contributed by atoms with Gasteiger partial charge in [-0.25, -0.2) is 9.07 Å². The maximum Gasteiger partial charge on any atom is 0.273 e. The van der Waals surface area contributed by atoms with Gasteiger partial charge in [-0.15, -0.1) is 5.10 Å². The quantitative estimate of drug-likeness (QED) is 0.701. The molecule has 0 radical (unpaired) electrons. The lowest BCUT2D eigenvalue weighted by Gasteiger charge is -2.32. The molecule has 146 valence electrons. The molecule has 1 fully saturated rings. The minimum Gasteiger partial charge on any atom is -0.396 e. The van der Waals surface area contributed by atoms with Crippen LogP contribution in [0.15, 0.2) is 24.4 Å². The van der Waals surface area contributed by atoms with Gasteiger partial charge in [-0.2, -0.15) is 0 Å². The number of aromatic nitrogens is 3. The molecule has 1 atom stereocenters. The number of aliphatic hydroxyl groups excluding tert-OH is 1. The average Bonchev–Trinajstić information content (AvgIpc) is 3.16. The van der Waals surface area contributed by atoms with E-state index in [1.54, 1.807) is 23.0 Å². The molecule has 2 heterocycles. The second-order valence-electron chi connectivity index (χ2n) is 6.65. The number of benzene rings is 1. The maximum atomic E-state index is 14.0. The Hall–Kier alpha value is -2.03.